The smallest absolute Gasteiger partial charge is 0.153 e. The second kappa shape index (κ2) is 5.59. The van der Waals surface area contributed by atoms with E-state index >= 15 is 0 Å². The van der Waals surface area contributed by atoms with E-state index in [4.69, 9.17) is 22.1 Å². The van der Waals surface area contributed by atoms with Gasteiger partial charge in [0.1, 0.15) is 17.2 Å². The van der Waals surface area contributed by atoms with Gasteiger partial charge in [0.05, 0.1) is 12.2 Å². The van der Waals surface area contributed by atoms with Gasteiger partial charge in [0.25, 0.3) is 0 Å². The van der Waals surface area contributed by atoms with Gasteiger partial charge in [0, 0.05) is 31.5 Å². The van der Waals surface area contributed by atoms with Crippen LogP contribution in [0.25, 0.3) is 0 Å². The maximum atomic E-state index is 10.2. The molecule has 2 unspecified atom stereocenters. The molecular formula is C14H21ClN4O2. The van der Waals surface area contributed by atoms with E-state index in [1.165, 1.54) is 6.33 Å². The molecule has 2 atom stereocenters. The van der Waals surface area contributed by atoms with E-state index < -0.39 is 0 Å². The van der Waals surface area contributed by atoms with Crippen LogP contribution in [-0.2, 0) is 4.74 Å². The largest absolute Gasteiger partial charge is 0.392 e. The van der Waals surface area contributed by atoms with Gasteiger partial charge < -0.3 is 20.5 Å². The van der Waals surface area contributed by atoms with Gasteiger partial charge in [-0.05, 0) is 19.8 Å². The lowest BCUT2D eigenvalue weighted by atomic mass is 9.58. The van der Waals surface area contributed by atoms with Crippen molar-refractivity contribution in [2.75, 3.05) is 30.3 Å². The fourth-order valence-electron chi connectivity index (χ4n) is 3.55. The molecule has 3 rings (SSSR count). The zero-order chi connectivity index (χ0) is 15.0. The van der Waals surface area contributed by atoms with Gasteiger partial charge >= 0.3 is 0 Å². The predicted molar refractivity (Wildman–Crippen MR) is 81.4 cm³/mol. The van der Waals surface area contributed by atoms with E-state index in [-0.39, 0.29) is 17.6 Å². The molecule has 6 nitrogen and oxygen atoms in total. The van der Waals surface area contributed by atoms with Crippen molar-refractivity contribution in [1.29, 1.82) is 0 Å². The predicted octanol–water partition coefficient (Wildman–Crippen LogP) is 1.47. The minimum atomic E-state index is -0.262. The number of piperidine rings is 1. The van der Waals surface area contributed by atoms with E-state index in [0.29, 0.717) is 23.3 Å². The summed E-state index contributed by atoms with van der Waals surface area (Å²) in [6.45, 7) is 4.27. The van der Waals surface area contributed by atoms with Gasteiger partial charge in [-0.3, -0.25) is 0 Å². The topological polar surface area (TPSA) is 84.5 Å². The number of ether oxygens (including phenoxy) is 1. The standard InChI is InChI=1S/C14H21ClN4O2/c1-2-21-10-7-9(20)14(10)3-5-19(6-4-14)13-11(15)12(16)17-8-18-13/h8-10,20H,2-7H2,1H3,(H2,16,17,18). The molecule has 21 heavy (non-hydrogen) atoms. The van der Waals surface area contributed by atoms with Crippen LogP contribution in [0.3, 0.4) is 0 Å². The number of nitrogen functional groups attached to an aromatic ring is 1. The van der Waals surface area contributed by atoms with E-state index in [2.05, 4.69) is 14.9 Å². The first-order chi connectivity index (χ1) is 10.1. The highest BCUT2D eigenvalue weighted by molar-refractivity contribution is 6.35. The molecule has 0 aromatic carbocycles. The number of rotatable bonds is 3. The quantitative estimate of drug-likeness (QED) is 0.879. The molecule has 1 aliphatic carbocycles. The van der Waals surface area contributed by atoms with Gasteiger partial charge in [-0.25, -0.2) is 9.97 Å². The summed E-state index contributed by atoms with van der Waals surface area (Å²) in [5.74, 6) is 0.985. The molecule has 2 fully saturated rings. The third-order valence-corrected chi connectivity index (χ3v) is 5.26. The molecule has 0 radical (unpaired) electrons. The van der Waals surface area contributed by atoms with Crippen molar-refractivity contribution in [3.63, 3.8) is 0 Å². The van der Waals surface area contributed by atoms with Gasteiger partial charge in [-0.1, -0.05) is 11.6 Å². The number of hydrogen-bond acceptors (Lipinski definition) is 6. The first-order valence-electron chi connectivity index (χ1n) is 7.39. The summed E-state index contributed by atoms with van der Waals surface area (Å²) in [5, 5.41) is 10.6. The number of anilines is 2. The number of aromatic nitrogens is 2. The molecule has 3 N–H and O–H groups in total. The van der Waals surface area contributed by atoms with Gasteiger partial charge in [-0.2, -0.15) is 0 Å². The van der Waals surface area contributed by atoms with Crippen molar-refractivity contribution in [3.8, 4) is 0 Å². The van der Waals surface area contributed by atoms with E-state index in [9.17, 15) is 5.11 Å². The Labute approximate surface area is 129 Å². The van der Waals surface area contributed by atoms with Crippen LogP contribution in [0.4, 0.5) is 11.6 Å². The van der Waals surface area contributed by atoms with Crippen LogP contribution in [0, 0.1) is 5.41 Å². The van der Waals surface area contributed by atoms with Crippen LogP contribution >= 0.6 is 11.6 Å². The summed E-state index contributed by atoms with van der Waals surface area (Å²) in [6.07, 6.45) is 3.84. The van der Waals surface area contributed by atoms with Crippen molar-refractivity contribution in [3.05, 3.63) is 11.3 Å². The number of nitrogens with two attached hydrogens (primary N) is 1. The third kappa shape index (κ3) is 2.35. The number of aliphatic hydroxyl groups is 1. The summed E-state index contributed by atoms with van der Waals surface area (Å²) in [6, 6.07) is 0. The molecule has 1 saturated heterocycles. The lowest BCUT2D eigenvalue weighted by Crippen LogP contribution is -2.62. The molecule has 2 aliphatic rings. The van der Waals surface area contributed by atoms with Crippen LogP contribution in [0.5, 0.6) is 0 Å². The molecule has 2 heterocycles. The Bertz CT molecular complexity index is 518. The lowest BCUT2D eigenvalue weighted by molar-refractivity contribution is -0.199. The summed E-state index contributed by atoms with van der Waals surface area (Å²) in [4.78, 5) is 10.2. The minimum absolute atomic E-state index is 0.0996. The van der Waals surface area contributed by atoms with Crippen LogP contribution in [0.2, 0.25) is 5.02 Å². The molecule has 0 bridgehead atoms. The first kappa shape index (κ1) is 14.8. The Morgan fingerprint density at radius 1 is 1.48 bits per heavy atom. The van der Waals surface area contributed by atoms with Gasteiger partial charge in [-0.15, -0.1) is 0 Å². The highest BCUT2D eigenvalue weighted by Gasteiger charge is 2.56. The second-order valence-corrected chi connectivity index (χ2v) is 6.19. The maximum Gasteiger partial charge on any atom is 0.153 e. The summed E-state index contributed by atoms with van der Waals surface area (Å²) in [5.41, 5.74) is 5.63. The number of aliphatic hydroxyl groups excluding tert-OH is 1. The van der Waals surface area contributed by atoms with Crippen LogP contribution in [0.1, 0.15) is 26.2 Å². The molecule has 1 aliphatic heterocycles. The molecule has 1 aromatic heterocycles. The number of nitrogens with zero attached hydrogens (tertiary/aromatic N) is 3. The highest BCUT2D eigenvalue weighted by atomic mass is 35.5. The molecule has 7 heteroatoms. The molecule has 1 aromatic rings. The van der Waals surface area contributed by atoms with Crippen LogP contribution < -0.4 is 10.6 Å². The summed E-state index contributed by atoms with van der Waals surface area (Å²) >= 11 is 6.19. The average Bonchev–Trinajstić information content (AvgIpc) is 2.50. The van der Waals surface area contributed by atoms with Crippen molar-refractivity contribution < 1.29 is 9.84 Å². The van der Waals surface area contributed by atoms with E-state index in [1.54, 1.807) is 0 Å². The molecule has 1 spiro atoms. The Hall–Kier alpha value is -1.11. The lowest BCUT2D eigenvalue weighted by Gasteiger charge is -2.56. The average molecular weight is 313 g/mol. The third-order valence-electron chi connectivity index (χ3n) is 4.90. The van der Waals surface area contributed by atoms with Crippen molar-refractivity contribution in [1.82, 2.24) is 9.97 Å². The van der Waals surface area contributed by atoms with E-state index in [1.807, 2.05) is 6.92 Å². The maximum absolute atomic E-state index is 10.2. The Balaban J connectivity index is 1.72. The summed E-state index contributed by atoms with van der Waals surface area (Å²) < 4.78 is 5.78. The Kier molecular flexibility index (Phi) is 3.94. The molecule has 116 valence electrons. The van der Waals surface area contributed by atoms with Crippen molar-refractivity contribution in [2.45, 2.75) is 38.4 Å². The minimum Gasteiger partial charge on any atom is -0.392 e. The number of halogens is 1. The molecular weight excluding hydrogens is 292 g/mol. The van der Waals surface area contributed by atoms with Crippen LogP contribution in [-0.4, -0.2) is 47.0 Å². The van der Waals surface area contributed by atoms with E-state index in [0.717, 1.165) is 32.4 Å². The zero-order valence-corrected chi connectivity index (χ0v) is 12.9. The monoisotopic (exact) mass is 312 g/mol. The second-order valence-electron chi connectivity index (χ2n) is 5.81. The zero-order valence-electron chi connectivity index (χ0n) is 12.1. The highest BCUT2D eigenvalue weighted by Crippen LogP contribution is 2.51. The summed E-state index contributed by atoms with van der Waals surface area (Å²) in [7, 11) is 0. The van der Waals surface area contributed by atoms with Gasteiger partial charge in [0.15, 0.2) is 5.82 Å². The Morgan fingerprint density at radius 2 is 2.19 bits per heavy atom. The molecule has 1 saturated carbocycles. The molecule has 0 amide bonds. The van der Waals surface area contributed by atoms with Crippen molar-refractivity contribution >= 4 is 23.2 Å². The SMILES string of the molecule is CCOC1CC(O)C12CCN(c1ncnc(N)c1Cl)CC2. The van der Waals surface area contributed by atoms with Gasteiger partial charge in [0.2, 0.25) is 0 Å². The fraction of sp³-hybridized carbons (Fsp3) is 0.714. The van der Waals surface area contributed by atoms with Crippen LogP contribution in [0.15, 0.2) is 6.33 Å². The fourth-order valence-corrected chi connectivity index (χ4v) is 3.76. The normalized spacial score (nSPS) is 27.7. The first-order valence-corrected chi connectivity index (χ1v) is 7.77. The number of hydrogen-bond donors (Lipinski definition) is 2. The van der Waals surface area contributed by atoms with Crippen molar-refractivity contribution in [2.24, 2.45) is 5.41 Å². The Morgan fingerprint density at radius 3 is 2.81 bits per heavy atom.